The fraction of sp³-hybridized carbons (Fsp3) is 0.562. The Morgan fingerprint density at radius 3 is 2.35 bits per heavy atom. The van der Waals surface area contributed by atoms with Crippen molar-refractivity contribution in [2.45, 2.75) is 26.2 Å². The van der Waals surface area contributed by atoms with Crippen LogP contribution in [-0.2, 0) is 10.1 Å². The highest BCUT2D eigenvalue weighted by Crippen LogP contribution is 2.03. The van der Waals surface area contributed by atoms with Gasteiger partial charge in [0.2, 0.25) is 0 Å². The third-order valence-electron chi connectivity index (χ3n) is 3.51. The van der Waals surface area contributed by atoms with Gasteiger partial charge < -0.3 is 10.2 Å². The van der Waals surface area contributed by atoms with E-state index in [4.69, 9.17) is 4.55 Å². The van der Waals surface area contributed by atoms with E-state index in [2.05, 4.69) is 10.2 Å². The van der Waals surface area contributed by atoms with Gasteiger partial charge in [-0.25, -0.2) is 0 Å². The van der Waals surface area contributed by atoms with Crippen LogP contribution in [0.1, 0.15) is 35.2 Å². The van der Waals surface area contributed by atoms with Crippen molar-refractivity contribution in [3.63, 3.8) is 0 Å². The van der Waals surface area contributed by atoms with E-state index in [1.807, 2.05) is 38.2 Å². The van der Waals surface area contributed by atoms with Crippen molar-refractivity contribution in [1.82, 2.24) is 10.2 Å². The highest BCUT2D eigenvalue weighted by Gasteiger charge is 2.06. The summed E-state index contributed by atoms with van der Waals surface area (Å²) in [5, 5.41) is 2.88. The van der Waals surface area contributed by atoms with E-state index >= 15 is 0 Å². The summed E-state index contributed by atoms with van der Waals surface area (Å²) in [6, 6.07) is 7.45. The Kier molecular flexibility index (Phi) is 8.22. The molecule has 0 fully saturated rings. The fourth-order valence-electron chi connectivity index (χ4n) is 2.14. The van der Waals surface area contributed by atoms with Gasteiger partial charge in [-0.1, -0.05) is 17.7 Å². The summed E-state index contributed by atoms with van der Waals surface area (Å²) in [5.74, 6) is -0.256. The number of carbonyl (C=O) groups is 1. The van der Waals surface area contributed by atoms with Crippen molar-refractivity contribution in [2.24, 2.45) is 0 Å². The zero-order valence-corrected chi connectivity index (χ0v) is 14.6. The average Bonchev–Trinajstić information content (AvgIpc) is 2.47. The molecule has 0 saturated carbocycles. The van der Waals surface area contributed by atoms with Gasteiger partial charge in [0.25, 0.3) is 16.0 Å². The number of benzene rings is 1. The number of unbranched alkanes of at least 4 members (excludes halogenated alkanes) is 1. The summed E-state index contributed by atoms with van der Waals surface area (Å²) in [6.45, 7) is 4.16. The molecule has 6 nitrogen and oxygen atoms in total. The van der Waals surface area contributed by atoms with Gasteiger partial charge in [0.05, 0.1) is 5.75 Å². The van der Waals surface area contributed by atoms with E-state index in [1.165, 1.54) is 0 Å². The molecule has 2 N–H and O–H groups in total. The molecule has 0 atom stereocenters. The second kappa shape index (κ2) is 9.64. The van der Waals surface area contributed by atoms with E-state index < -0.39 is 10.1 Å². The molecule has 0 bridgehead atoms. The topological polar surface area (TPSA) is 86.7 Å². The van der Waals surface area contributed by atoms with Crippen molar-refractivity contribution in [1.29, 1.82) is 0 Å². The normalized spacial score (nSPS) is 11.7. The smallest absolute Gasteiger partial charge is 0.264 e. The van der Waals surface area contributed by atoms with Crippen LogP contribution in [0.5, 0.6) is 0 Å². The molecular weight excluding hydrogens is 316 g/mol. The molecular formula is C16H26N2O4S. The molecule has 1 amide bonds. The molecule has 1 rings (SSSR count). The van der Waals surface area contributed by atoms with Gasteiger partial charge >= 0.3 is 0 Å². The first kappa shape index (κ1) is 19.6. The summed E-state index contributed by atoms with van der Waals surface area (Å²) >= 11 is 0. The Morgan fingerprint density at radius 1 is 1.13 bits per heavy atom. The van der Waals surface area contributed by atoms with Crippen LogP contribution in [0.2, 0.25) is 0 Å². The Morgan fingerprint density at radius 2 is 1.74 bits per heavy atom. The summed E-state index contributed by atoms with van der Waals surface area (Å²) in [6.07, 6.45) is 1.99. The first-order valence-electron chi connectivity index (χ1n) is 7.76. The minimum absolute atomic E-state index is 0.0687. The van der Waals surface area contributed by atoms with Gasteiger partial charge in [0, 0.05) is 12.1 Å². The van der Waals surface area contributed by atoms with Crippen molar-refractivity contribution in [2.75, 3.05) is 32.4 Å². The molecule has 130 valence electrons. The van der Waals surface area contributed by atoms with Crippen LogP contribution < -0.4 is 5.32 Å². The van der Waals surface area contributed by atoms with Crippen LogP contribution in [0.3, 0.4) is 0 Å². The summed E-state index contributed by atoms with van der Waals surface area (Å²) in [5.41, 5.74) is 1.78. The Bertz CT molecular complexity index is 585. The van der Waals surface area contributed by atoms with Gasteiger partial charge in [0.15, 0.2) is 0 Å². The van der Waals surface area contributed by atoms with Crippen LogP contribution in [-0.4, -0.2) is 56.2 Å². The molecule has 0 spiro atoms. The van der Waals surface area contributed by atoms with E-state index in [0.29, 0.717) is 24.9 Å². The maximum Gasteiger partial charge on any atom is 0.264 e. The largest absolute Gasteiger partial charge is 0.352 e. The molecule has 0 aliphatic heterocycles. The van der Waals surface area contributed by atoms with Crippen LogP contribution >= 0.6 is 0 Å². The molecule has 0 heterocycles. The van der Waals surface area contributed by atoms with Gasteiger partial charge in [-0.2, -0.15) is 8.42 Å². The van der Waals surface area contributed by atoms with E-state index in [0.717, 1.165) is 25.1 Å². The zero-order valence-electron chi connectivity index (χ0n) is 13.8. The average molecular weight is 342 g/mol. The fourth-order valence-corrected chi connectivity index (χ4v) is 2.70. The Hall–Kier alpha value is -1.44. The van der Waals surface area contributed by atoms with E-state index in [1.54, 1.807) is 0 Å². The standard InChI is InChI=1S/C16H26N2O4S/c1-14-6-8-15(9-7-14)16(19)17-10-5-12-18(2)11-3-4-13-23(20,21)22/h6-9H,3-5,10-13H2,1-2H3,(H,17,19)(H,20,21,22). The maximum atomic E-state index is 11.9. The minimum atomic E-state index is -3.85. The quantitative estimate of drug-likeness (QED) is 0.499. The first-order chi connectivity index (χ1) is 10.8. The van der Waals surface area contributed by atoms with E-state index in [-0.39, 0.29) is 11.7 Å². The molecule has 0 aliphatic carbocycles. The lowest BCUT2D eigenvalue weighted by Crippen LogP contribution is -2.28. The molecule has 7 heteroatoms. The maximum absolute atomic E-state index is 11.9. The van der Waals surface area contributed by atoms with Crippen molar-refractivity contribution in [3.05, 3.63) is 35.4 Å². The molecule has 1 aromatic carbocycles. The number of rotatable bonds is 10. The monoisotopic (exact) mass is 342 g/mol. The lowest BCUT2D eigenvalue weighted by Gasteiger charge is -2.16. The summed E-state index contributed by atoms with van der Waals surface area (Å²) < 4.78 is 29.8. The zero-order chi connectivity index (χ0) is 17.3. The van der Waals surface area contributed by atoms with Crippen molar-refractivity contribution < 1.29 is 17.8 Å². The second-order valence-corrected chi connectivity index (χ2v) is 7.34. The molecule has 0 aromatic heterocycles. The lowest BCUT2D eigenvalue weighted by atomic mass is 10.1. The molecule has 1 aromatic rings. The van der Waals surface area contributed by atoms with Crippen molar-refractivity contribution in [3.8, 4) is 0 Å². The number of nitrogens with zero attached hydrogens (tertiary/aromatic N) is 1. The number of carbonyl (C=O) groups excluding carboxylic acids is 1. The molecule has 0 aliphatic rings. The van der Waals surface area contributed by atoms with Gasteiger partial charge in [-0.05, 0) is 58.5 Å². The van der Waals surface area contributed by atoms with Gasteiger partial charge in [-0.3, -0.25) is 9.35 Å². The van der Waals surface area contributed by atoms with Crippen molar-refractivity contribution >= 4 is 16.0 Å². The highest BCUT2D eigenvalue weighted by atomic mass is 32.2. The second-order valence-electron chi connectivity index (χ2n) is 5.77. The molecule has 0 saturated heterocycles. The van der Waals surface area contributed by atoms with Crippen LogP contribution in [0.25, 0.3) is 0 Å². The Labute approximate surface area is 138 Å². The number of hydrogen-bond acceptors (Lipinski definition) is 4. The van der Waals surface area contributed by atoms with Crippen LogP contribution in [0, 0.1) is 6.92 Å². The molecule has 0 radical (unpaired) electrons. The predicted octanol–water partition coefficient (Wildman–Crippen LogP) is 1.71. The SMILES string of the molecule is Cc1ccc(C(=O)NCCCN(C)CCCCS(=O)(=O)O)cc1. The number of hydrogen-bond donors (Lipinski definition) is 2. The van der Waals surface area contributed by atoms with Crippen LogP contribution in [0.15, 0.2) is 24.3 Å². The lowest BCUT2D eigenvalue weighted by molar-refractivity contribution is 0.0952. The third kappa shape index (κ3) is 9.32. The first-order valence-corrected chi connectivity index (χ1v) is 9.37. The van der Waals surface area contributed by atoms with Crippen LogP contribution in [0.4, 0.5) is 0 Å². The highest BCUT2D eigenvalue weighted by molar-refractivity contribution is 7.85. The number of aryl methyl sites for hydroxylation is 1. The number of amides is 1. The Balaban J connectivity index is 2.12. The minimum Gasteiger partial charge on any atom is -0.352 e. The van der Waals surface area contributed by atoms with Gasteiger partial charge in [-0.15, -0.1) is 0 Å². The van der Waals surface area contributed by atoms with Gasteiger partial charge in [0.1, 0.15) is 0 Å². The van der Waals surface area contributed by atoms with E-state index in [9.17, 15) is 13.2 Å². The third-order valence-corrected chi connectivity index (χ3v) is 4.31. The molecule has 0 unspecified atom stereocenters. The predicted molar refractivity (Wildman–Crippen MR) is 91.3 cm³/mol. The molecule has 23 heavy (non-hydrogen) atoms. The summed E-state index contributed by atoms with van der Waals surface area (Å²) in [4.78, 5) is 14.0. The number of nitrogens with one attached hydrogen (secondary N) is 1. The summed E-state index contributed by atoms with van der Waals surface area (Å²) in [7, 11) is -1.89.